The van der Waals surface area contributed by atoms with Crippen molar-refractivity contribution >= 4 is 5.97 Å². The quantitative estimate of drug-likeness (QED) is 0.518. The molecular formula is C6H11NO2. The van der Waals surface area contributed by atoms with Crippen LogP contribution in [-0.2, 0) is 9.63 Å². The lowest BCUT2D eigenvalue weighted by Crippen LogP contribution is -2.26. The van der Waals surface area contributed by atoms with E-state index in [1.807, 2.05) is 13.8 Å². The van der Waals surface area contributed by atoms with Gasteiger partial charge in [-0.2, -0.15) is 0 Å². The maximum atomic E-state index is 10.5. The highest BCUT2D eigenvalue weighted by Gasteiger charge is 2.22. The number of nitrogens with zero attached hydrogens (tertiary/aromatic N) is 1. The second kappa shape index (κ2) is 2.35. The molecule has 1 heterocycles. The zero-order valence-electron chi connectivity index (χ0n) is 5.76. The third-order valence-electron chi connectivity index (χ3n) is 1.33. The van der Waals surface area contributed by atoms with E-state index in [1.54, 1.807) is 5.06 Å². The fraction of sp³-hybridized carbons (Fsp3) is 0.833. The molecule has 3 heteroatoms. The Morgan fingerprint density at radius 2 is 2.33 bits per heavy atom. The van der Waals surface area contributed by atoms with Crippen molar-refractivity contribution in [3.63, 3.8) is 0 Å². The van der Waals surface area contributed by atoms with Gasteiger partial charge in [0.15, 0.2) is 0 Å². The Hall–Kier alpha value is -0.570. The maximum absolute atomic E-state index is 10.5. The molecule has 0 amide bonds. The standard InChI is InChI=1S/C6H11NO2/c1-5(2)7-4-3-6(8)9-7/h5H,3-4H2,1-2H3. The highest BCUT2D eigenvalue weighted by Crippen LogP contribution is 2.09. The molecule has 0 aliphatic carbocycles. The number of carbonyl (C=O) groups excluding carboxylic acids is 1. The van der Waals surface area contributed by atoms with Gasteiger partial charge in [-0.05, 0) is 13.8 Å². The van der Waals surface area contributed by atoms with E-state index >= 15 is 0 Å². The third kappa shape index (κ3) is 1.42. The van der Waals surface area contributed by atoms with Gasteiger partial charge in [-0.15, -0.1) is 5.06 Å². The molecule has 9 heavy (non-hydrogen) atoms. The van der Waals surface area contributed by atoms with E-state index in [4.69, 9.17) is 4.84 Å². The first-order valence-electron chi connectivity index (χ1n) is 3.17. The van der Waals surface area contributed by atoms with Crippen molar-refractivity contribution in [3.8, 4) is 0 Å². The monoisotopic (exact) mass is 129 g/mol. The molecule has 3 nitrogen and oxygen atoms in total. The summed E-state index contributed by atoms with van der Waals surface area (Å²) in [4.78, 5) is 15.3. The molecular weight excluding hydrogens is 118 g/mol. The van der Waals surface area contributed by atoms with E-state index in [2.05, 4.69) is 0 Å². The average molecular weight is 129 g/mol. The van der Waals surface area contributed by atoms with Crippen LogP contribution in [0.1, 0.15) is 20.3 Å². The van der Waals surface area contributed by atoms with Crippen molar-refractivity contribution in [2.75, 3.05) is 6.54 Å². The largest absolute Gasteiger partial charge is 0.368 e. The smallest absolute Gasteiger partial charge is 0.326 e. The number of hydrogen-bond donors (Lipinski definition) is 0. The van der Waals surface area contributed by atoms with Crippen molar-refractivity contribution in [1.29, 1.82) is 0 Å². The minimum Gasteiger partial charge on any atom is -0.368 e. The fourth-order valence-electron chi connectivity index (χ4n) is 0.787. The molecule has 0 aromatic heterocycles. The molecule has 1 rings (SSSR count). The third-order valence-corrected chi connectivity index (χ3v) is 1.33. The molecule has 0 unspecified atom stereocenters. The second-order valence-electron chi connectivity index (χ2n) is 2.45. The van der Waals surface area contributed by atoms with Crippen LogP contribution in [0.5, 0.6) is 0 Å². The summed E-state index contributed by atoms with van der Waals surface area (Å²) in [6.07, 6.45) is 0.540. The second-order valence-corrected chi connectivity index (χ2v) is 2.45. The van der Waals surface area contributed by atoms with Crippen LogP contribution < -0.4 is 0 Å². The topological polar surface area (TPSA) is 29.5 Å². The van der Waals surface area contributed by atoms with Gasteiger partial charge in [-0.25, -0.2) is 0 Å². The highest BCUT2D eigenvalue weighted by molar-refractivity contribution is 5.70. The summed E-state index contributed by atoms with van der Waals surface area (Å²) in [5.74, 6) is -0.108. The molecule has 0 radical (unpaired) electrons. The first-order chi connectivity index (χ1) is 4.20. The fourth-order valence-corrected chi connectivity index (χ4v) is 0.787. The lowest BCUT2D eigenvalue weighted by molar-refractivity contribution is -0.176. The number of hydroxylamine groups is 2. The number of hydrogen-bond acceptors (Lipinski definition) is 3. The minimum atomic E-state index is -0.108. The zero-order valence-corrected chi connectivity index (χ0v) is 5.76. The van der Waals surface area contributed by atoms with E-state index < -0.39 is 0 Å². The van der Waals surface area contributed by atoms with E-state index in [-0.39, 0.29) is 5.97 Å². The Morgan fingerprint density at radius 3 is 2.56 bits per heavy atom. The van der Waals surface area contributed by atoms with Gasteiger partial charge in [0.25, 0.3) is 0 Å². The lowest BCUT2D eigenvalue weighted by Gasteiger charge is -2.15. The predicted molar refractivity (Wildman–Crippen MR) is 32.6 cm³/mol. The molecule has 0 atom stereocenters. The van der Waals surface area contributed by atoms with Gasteiger partial charge in [0.1, 0.15) is 0 Å². The first kappa shape index (κ1) is 6.55. The van der Waals surface area contributed by atoms with E-state index in [1.165, 1.54) is 0 Å². The Labute approximate surface area is 54.5 Å². The summed E-state index contributed by atoms with van der Waals surface area (Å²) in [6, 6.07) is 0.316. The van der Waals surface area contributed by atoms with Crippen molar-refractivity contribution in [2.24, 2.45) is 0 Å². The summed E-state index contributed by atoms with van der Waals surface area (Å²) >= 11 is 0. The van der Waals surface area contributed by atoms with Gasteiger partial charge >= 0.3 is 5.97 Å². The van der Waals surface area contributed by atoms with Gasteiger partial charge < -0.3 is 4.84 Å². The predicted octanol–water partition coefficient (Wildman–Crippen LogP) is 0.559. The molecule has 1 saturated heterocycles. The molecule has 0 aromatic rings. The van der Waals surface area contributed by atoms with Gasteiger partial charge in [0, 0.05) is 12.6 Å². The highest BCUT2D eigenvalue weighted by atomic mass is 16.7. The summed E-state index contributed by atoms with van der Waals surface area (Å²) < 4.78 is 0. The summed E-state index contributed by atoms with van der Waals surface area (Å²) in [5.41, 5.74) is 0. The van der Waals surface area contributed by atoms with Gasteiger partial charge in [-0.3, -0.25) is 4.79 Å². The molecule has 0 saturated carbocycles. The van der Waals surface area contributed by atoms with Crippen LogP contribution in [0.25, 0.3) is 0 Å². The molecule has 0 bridgehead atoms. The number of carbonyl (C=O) groups is 1. The molecule has 1 fully saturated rings. The summed E-state index contributed by atoms with van der Waals surface area (Å²) in [7, 11) is 0. The molecule has 0 aromatic carbocycles. The van der Waals surface area contributed by atoms with Crippen LogP contribution in [0, 0.1) is 0 Å². The number of rotatable bonds is 1. The van der Waals surface area contributed by atoms with Crippen LogP contribution >= 0.6 is 0 Å². The Kier molecular flexibility index (Phi) is 1.71. The van der Waals surface area contributed by atoms with Crippen molar-refractivity contribution < 1.29 is 9.63 Å². The first-order valence-corrected chi connectivity index (χ1v) is 3.17. The summed E-state index contributed by atoms with van der Waals surface area (Å²) in [6.45, 7) is 4.74. The van der Waals surface area contributed by atoms with E-state index in [0.717, 1.165) is 6.54 Å². The minimum absolute atomic E-state index is 0.108. The van der Waals surface area contributed by atoms with Gasteiger partial charge in [-0.1, -0.05) is 0 Å². The maximum Gasteiger partial charge on any atom is 0.326 e. The van der Waals surface area contributed by atoms with Crippen molar-refractivity contribution in [3.05, 3.63) is 0 Å². The Balaban J connectivity index is 2.39. The lowest BCUT2D eigenvalue weighted by atomic mass is 10.4. The van der Waals surface area contributed by atoms with Crippen LogP contribution in [0.2, 0.25) is 0 Å². The van der Waals surface area contributed by atoms with Crippen molar-refractivity contribution in [1.82, 2.24) is 5.06 Å². The Morgan fingerprint density at radius 1 is 1.67 bits per heavy atom. The van der Waals surface area contributed by atoms with Crippen LogP contribution in [0.3, 0.4) is 0 Å². The molecule has 1 aliphatic heterocycles. The summed E-state index contributed by atoms with van der Waals surface area (Å²) in [5, 5.41) is 1.70. The zero-order chi connectivity index (χ0) is 6.85. The van der Waals surface area contributed by atoms with Crippen LogP contribution in [-0.4, -0.2) is 23.6 Å². The van der Waals surface area contributed by atoms with E-state index in [0.29, 0.717) is 12.5 Å². The van der Waals surface area contributed by atoms with Crippen LogP contribution in [0.15, 0.2) is 0 Å². The SMILES string of the molecule is CC(C)N1CCC(=O)O1. The molecule has 0 N–H and O–H groups in total. The normalized spacial score (nSPS) is 21.0. The average Bonchev–Trinajstić information content (AvgIpc) is 2.14. The molecule has 1 aliphatic rings. The van der Waals surface area contributed by atoms with Gasteiger partial charge in [0.2, 0.25) is 0 Å². The molecule has 0 spiro atoms. The van der Waals surface area contributed by atoms with Gasteiger partial charge in [0.05, 0.1) is 6.42 Å². The molecule has 52 valence electrons. The Bertz CT molecular complexity index is 122. The van der Waals surface area contributed by atoms with Crippen molar-refractivity contribution in [2.45, 2.75) is 26.3 Å². The van der Waals surface area contributed by atoms with E-state index in [9.17, 15) is 4.79 Å². The van der Waals surface area contributed by atoms with Crippen LogP contribution in [0.4, 0.5) is 0 Å².